The highest BCUT2D eigenvalue weighted by Crippen LogP contribution is 2.38. The average Bonchev–Trinajstić information content (AvgIpc) is 3.78. The highest BCUT2D eigenvalue weighted by molar-refractivity contribution is 5.85. The number of pyridine rings is 1. The van der Waals surface area contributed by atoms with Crippen LogP contribution in [0.1, 0.15) is 0 Å². The van der Waals surface area contributed by atoms with E-state index in [4.69, 9.17) is 8.83 Å². The fourth-order valence-corrected chi connectivity index (χ4v) is 5.98. The van der Waals surface area contributed by atoms with Crippen LogP contribution in [0.15, 0.2) is 167 Å². The Morgan fingerprint density at radius 3 is 1.36 bits per heavy atom. The molecule has 222 valence electrons. The minimum Gasteiger partial charge on any atom is -0.436 e. The van der Waals surface area contributed by atoms with E-state index in [1.54, 1.807) is 0 Å². The minimum atomic E-state index is 0.598. The van der Waals surface area contributed by atoms with Crippen LogP contribution in [0.5, 0.6) is 0 Å². The highest BCUT2D eigenvalue weighted by atomic mass is 16.4. The van der Waals surface area contributed by atoms with E-state index < -0.39 is 0 Å². The Morgan fingerprint density at radius 2 is 0.851 bits per heavy atom. The van der Waals surface area contributed by atoms with Gasteiger partial charge in [-0.3, -0.25) is 4.98 Å². The van der Waals surface area contributed by atoms with Gasteiger partial charge in [0.1, 0.15) is 11.0 Å². The van der Waals surface area contributed by atoms with E-state index in [0.717, 1.165) is 72.4 Å². The molecule has 0 saturated heterocycles. The van der Waals surface area contributed by atoms with Gasteiger partial charge in [-0.05, 0) is 103 Å². The zero-order chi connectivity index (χ0) is 31.2. The summed E-state index contributed by atoms with van der Waals surface area (Å²) in [6, 6.07) is 51.2. The molecule has 9 rings (SSSR count). The predicted octanol–water partition coefficient (Wildman–Crippen LogP) is 11.0. The Hall–Kier alpha value is -6.53. The summed E-state index contributed by atoms with van der Waals surface area (Å²) >= 11 is 0. The van der Waals surface area contributed by atoms with Crippen LogP contribution in [0.25, 0.3) is 67.1 Å². The van der Waals surface area contributed by atoms with Crippen LogP contribution in [-0.2, 0) is 0 Å². The van der Waals surface area contributed by atoms with Crippen molar-refractivity contribution in [3.8, 4) is 34.0 Å². The second-order valence-electron chi connectivity index (χ2n) is 11.4. The molecule has 0 bridgehead atoms. The van der Waals surface area contributed by atoms with Gasteiger partial charge in [0.15, 0.2) is 11.2 Å². The number of hydrogen-bond donors (Lipinski definition) is 0. The zero-order valence-electron chi connectivity index (χ0n) is 25.1. The molecule has 6 aromatic carbocycles. The molecular weight excluding hydrogens is 580 g/mol. The zero-order valence-corrected chi connectivity index (χ0v) is 25.1. The number of rotatable bonds is 6. The van der Waals surface area contributed by atoms with E-state index in [1.807, 2.05) is 72.9 Å². The number of oxazole rings is 2. The van der Waals surface area contributed by atoms with Crippen molar-refractivity contribution < 1.29 is 8.83 Å². The maximum absolute atomic E-state index is 6.04. The van der Waals surface area contributed by atoms with E-state index in [2.05, 4.69) is 105 Å². The first-order valence-electron chi connectivity index (χ1n) is 15.4. The molecule has 0 saturated carbocycles. The average molecular weight is 607 g/mol. The molecule has 6 nitrogen and oxygen atoms in total. The summed E-state index contributed by atoms with van der Waals surface area (Å²) in [7, 11) is 0. The molecule has 0 spiro atoms. The third-order valence-corrected chi connectivity index (χ3v) is 8.38. The van der Waals surface area contributed by atoms with E-state index >= 15 is 0 Å². The normalized spacial score (nSPS) is 11.4. The van der Waals surface area contributed by atoms with Gasteiger partial charge in [0, 0.05) is 45.3 Å². The minimum absolute atomic E-state index is 0.598. The van der Waals surface area contributed by atoms with Gasteiger partial charge in [0.05, 0.1) is 5.52 Å². The second-order valence-corrected chi connectivity index (χ2v) is 11.4. The second kappa shape index (κ2) is 11.1. The molecule has 6 heteroatoms. The lowest BCUT2D eigenvalue weighted by atomic mass is 10.0. The molecule has 3 heterocycles. The standard InChI is InChI=1S/C41H26N4O2/c1-2-8-35-30(7-1)25-31(26-42-35)27-13-19-32(20-14-27)45(33-21-15-28(16-22-33)40-43-36-9-3-5-11-38(36)46-40)34-23-17-29(18-24-34)41-44-37-10-4-6-12-39(37)47-41/h1-26H. The van der Waals surface area contributed by atoms with Crippen LogP contribution >= 0.6 is 0 Å². The molecule has 9 aromatic rings. The van der Waals surface area contributed by atoms with E-state index in [9.17, 15) is 0 Å². The van der Waals surface area contributed by atoms with Crippen LogP contribution < -0.4 is 4.90 Å². The number of fused-ring (bicyclic) bond motifs is 3. The topological polar surface area (TPSA) is 68.2 Å². The monoisotopic (exact) mass is 606 g/mol. The fraction of sp³-hybridized carbons (Fsp3) is 0. The Morgan fingerprint density at radius 1 is 0.404 bits per heavy atom. The number of hydrogen-bond acceptors (Lipinski definition) is 6. The summed E-state index contributed by atoms with van der Waals surface area (Å²) in [4.78, 5) is 16.3. The van der Waals surface area contributed by atoms with E-state index in [1.165, 1.54) is 0 Å². The van der Waals surface area contributed by atoms with Gasteiger partial charge in [-0.15, -0.1) is 0 Å². The van der Waals surface area contributed by atoms with Crippen molar-refractivity contribution in [1.29, 1.82) is 0 Å². The van der Waals surface area contributed by atoms with Gasteiger partial charge >= 0.3 is 0 Å². The third-order valence-electron chi connectivity index (χ3n) is 8.38. The Balaban J connectivity index is 1.09. The molecule has 0 amide bonds. The van der Waals surface area contributed by atoms with Crippen LogP contribution in [0, 0.1) is 0 Å². The summed E-state index contributed by atoms with van der Waals surface area (Å²) in [5.74, 6) is 1.20. The highest BCUT2D eigenvalue weighted by Gasteiger charge is 2.16. The first-order chi connectivity index (χ1) is 23.2. The van der Waals surface area contributed by atoms with Gasteiger partial charge in [-0.1, -0.05) is 54.6 Å². The quantitative estimate of drug-likeness (QED) is 0.188. The number of aromatic nitrogens is 3. The molecule has 3 aromatic heterocycles. The van der Waals surface area contributed by atoms with E-state index in [0.29, 0.717) is 11.8 Å². The molecule has 0 unspecified atom stereocenters. The summed E-state index contributed by atoms with van der Waals surface area (Å²) < 4.78 is 12.1. The van der Waals surface area contributed by atoms with Crippen molar-refractivity contribution in [3.05, 3.63) is 158 Å². The lowest BCUT2D eigenvalue weighted by Gasteiger charge is -2.26. The van der Waals surface area contributed by atoms with Gasteiger partial charge in [0.2, 0.25) is 11.8 Å². The van der Waals surface area contributed by atoms with Gasteiger partial charge in [0.25, 0.3) is 0 Å². The summed E-state index contributed by atoms with van der Waals surface area (Å²) in [6.45, 7) is 0. The largest absolute Gasteiger partial charge is 0.436 e. The number of benzene rings is 6. The first kappa shape index (κ1) is 26.8. The molecule has 0 radical (unpaired) electrons. The summed E-state index contributed by atoms with van der Waals surface area (Å²) in [5, 5.41) is 1.12. The van der Waals surface area contributed by atoms with Crippen LogP contribution in [0.4, 0.5) is 17.1 Å². The molecular formula is C41H26N4O2. The van der Waals surface area contributed by atoms with Crippen molar-refractivity contribution in [2.24, 2.45) is 0 Å². The molecule has 0 atom stereocenters. The molecule has 0 aliphatic rings. The molecule has 0 fully saturated rings. The van der Waals surface area contributed by atoms with Crippen LogP contribution in [0.2, 0.25) is 0 Å². The van der Waals surface area contributed by atoms with Crippen molar-refractivity contribution >= 4 is 50.2 Å². The SMILES string of the molecule is c1ccc2ncc(-c3ccc(N(c4ccc(-c5nc6ccccc6o5)cc4)c4ccc(-c5nc6ccccc6o5)cc4)cc3)cc2c1. The van der Waals surface area contributed by atoms with E-state index in [-0.39, 0.29) is 0 Å². The predicted molar refractivity (Wildman–Crippen MR) is 188 cm³/mol. The Bertz CT molecular complexity index is 2330. The van der Waals surface area contributed by atoms with Crippen molar-refractivity contribution in [1.82, 2.24) is 15.0 Å². The smallest absolute Gasteiger partial charge is 0.227 e. The molecule has 0 aliphatic heterocycles. The maximum atomic E-state index is 6.04. The first-order valence-corrected chi connectivity index (χ1v) is 15.4. The van der Waals surface area contributed by atoms with Crippen molar-refractivity contribution in [3.63, 3.8) is 0 Å². The van der Waals surface area contributed by atoms with Crippen LogP contribution in [-0.4, -0.2) is 15.0 Å². The Kier molecular flexibility index (Phi) is 6.35. The van der Waals surface area contributed by atoms with Gasteiger partial charge in [-0.2, -0.15) is 0 Å². The summed E-state index contributed by atoms with van der Waals surface area (Å²) in [6.07, 6.45) is 1.94. The Labute approximate surface area is 270 Å². The van der Waals surface area contributed by atoms with Gasteiger partial charge in [-0.25, -0.2) is 9.97 Å². The lowest BCUT2D eigenvalue weighted by molar-refractivity contribution is 0.619. The number of nitrogens with zero attached hydrogens (tertiary/aromatic N) is 4. The van der Waals surface area contributed by atoms with Crippen molar-refractivity contribution in [2.75, 3.05) is 4.90 Å². The number of para-hydroxylation sites is 5. The van der Waals surface area contributed by atoms with Crippen molar-refractivity contribution in [2.45, 2.75) is 0 Å². The summed E-state index contributed by atoms with van der Waals surface area (Å²) in [5.41, 5.74) is 11.2. The van der Waals surface area contributed by atoms with Gasteiger partial charge < -0.3 is 13.7 Å². The van der Waals surface area contributed by atoms with Crippen LogP contribution in [0.3, 0.4) is 0 Å². The maximum Gasteiger partial charge on any atom is 0.227 e. The lowest BCUT2D eigenvalue weighted by Crippen LogP contribution is -2.09. The third kappa shape index (κ3) is 4.98. The molecule has 0 aliphatic carbocycles. The fourth-order valence-electron chi connectivity index (χ4n) is 5.98. The molecule has 47 heavy (non-hydrogen) atoms. The number of anilines is 3. The molecule has 0 N–H and O–H groups in total.